The standard InChI is InChI=1S/C4H4O4.C4H2O2/c5-3(6)1-2-4(7)8;5-3-1-2-4(3)6/h1-2H,(H,5,6)(H,7,8);1-2H/b2-1-;. The molecule has 0 radical (unpaired) electrons. The molecule has 0 atom stereocenters. The van der Waals surface area contributed by atoms with E-state index in [-0.39, 0.29) is 10.9 Å². The Bertz CT molecular complexity index is 381. The molecule has 14 heavy (non-hydrogen) atoms. The highest BCUT2D eigenvalue weighted by Gasteiger charge is 1.89. The van der Waals surface area contributed by atoms with Crippen LogP contribution >= 0.6 is 0 Å². The largest absolute Gasteiger partial charge is 0.478 e. The predicted octanol–water partition coefficient (Wildman–Crippen LogP) is -1.01. The first-order valence-electron chi connectivity index (χ1n) is 3.34. The van der Waals surface area contributed by atoms with Crippen LogP contribution in [0.25, 0.3) is 0 Å². The van der Waals surface area contributed by atoms with Gasteiger partial charge in [-0.25, -0.2) is 9.59 Å². The van der Waals surface area contributed by atoms with E-state index in [2.05, 4.69) is 0 Å². The number of carboxylic acids is 2. The molecule has 0 fully saturated rings. The highest BCUT2D eigenvalue weighted by Crippen LogP contribution is 1.70. The van der Waals surface area contributed by atoms with Gasteiger partial charge in [-0.05, 0) is 12.1 Å². The van der Waals surface area contributed by atoms with Crippen molar-refractivity contribution in [3.05, 3.63) is 44.7 Å². The molecule has 0 unspecified atom stereocenters. The van der Waals surface area contributed by atoms with Crippen LogP contribution in [0.2, 0.25) is 0 Å². The van der Waals surface area contributed by atoms with Gasteiger partial charge in [-0.3, -0.25) is 9.59 Å². The van der Waals surface area contributed by atoms with Crippen molar-refractivity contribution in [2.75, 3.05) is 0 Å². The molecule has 0 aromatic heterocycles. The number of hydrogen-bond donors (Lipinski definition) is 2. The van der Waals surface area contributed by atoms with Gasteiger partial charge >= 0.3 is 11.9 Å². The Labute approximate surface area is 77.4 Å². The fourth-order valence-electron chi connectivity index (χ4n) is 0.362. The Morgan fingerprint density at radius 1 is 0.929 bits per heavy atom. The summed E-state index contributed by atoms with van der Waals surface area (Å²) in [6, 6.07) is 2.50. The first-order chi connectivity index (χ1) is 6.43. The summed E-state index contributed by atoms with van der Waals surface area (Å²) in [7, 11) is 0. The zero-order valence-electron chi connectivity index (χ0n) is 6.84. The molecule has 0 bridgehead atoms. The molecule has 6 nitrogen and oxygen atoms in total. The molecule has 0 aliphatic heterocycles. The van der Waals surface area contributed by atoms with E-state index in [1.54, 1.807) is 0 Å². The lowest BCUT2D eigenvalue weighted by Gasteiger charge is -1.74. The summed E-state index contributed by atoms with van der Waals surface area (Å²) in [5.74, 6) is -2.51. The highest BCUT2D eigenvalue weighted by atomic mass is 16.4. The smallest absolute Gasteiger partial charge is 0.328 e. The van der Waals surface area contributed by atoms with E-state index in [1.807, 2.05) is 0 Å². The summed E-state index contributed by atoms with van der Waals surface area (Å²) in [5.41, 5.74) is -0.759. The lowest BCUT2D eigenvalue weighted by Crippen LogP contribution is -2.26. The summed E-state index contributed by atoms with van der Waals surface area (Å²) < 4.78 is 0. The molecule has 1 aromatic carbocycles. The van der Waals surface area contributed by atoms with E-state index in [9.17, 15) is 19.2 Å². The summed E-state index contributed by atoms with van der Waals surface area (Å²) in [6.07, 6.45) is 1.12. The van der Waals surface area contributed by atoms with Crippen molar-refractivity contribution >= 4 is 11.9 Å². The maximum atomic E-state index is 9.79. The molecule has 1 aromatic rings. The average Bonchev–Trinajstić information content (AvgIpc) is 2.12. The molecule has 0 saturated carbocycles. The first kappa shape index (κ1) is 11.8. The monoisotopic (exact) mass is 198 g/mol. The van der Waals surface area contributed by atoms with Crippen LogP contribution in [0, 0.1) is 0 Å². The van der Waals surface area contributed by atoms with Crippen molar-refractivity contribution in [1.29, 1.82) is 0 Å². The SMILES string of the molecule is O=C(O)/C=C\C(=O)O.O=c1ccc1=O. The van der Waals surface area contributed by atoms with E-state index in [4.69, 9.17) is 10.2 Å². The Morgan fingerprint density at radius 2 is 1.21 bits per heavy atom. The van der Waals surface area contributed by atoms with Crippen LogP contribution in [-0.2, 0) is 9.59 Å². The zero-order chi connectivity index (χ0) is 11.1. The fourth-order valence-corrected chi connectivity index (χ4v) is 0.362. The van der Waals surface area contributed by atoms with Gasteiger partial charge in [0.05, 0.1) is 0 Å². The van der Waals surface area contributed by atoms with Gasteiger partial charge in [0.25, 0.3) is 0 Å². The van der Waals surface area contributed by atoms with E-state index in [0.29, 0.717) is 12.2 Å². The van der Waals surface area contributed by atoms with Gasteiger partial charge in [-0.1, -0.05) is 0 Å². The fraction of sp³-hybridized carbons (Fsp3) is 0. The van der Waals surface area contributed by atoms with Crippen LogP contribution in [-0.4, -0.2) is 22.2 Å². The lowest BCUT2D eigenvalue weighted by atomic mass is 10.3. The van der Waals surface area contributed by atoms with Crippen molar-refractivity contribution in [2.24, 2.45) is 0 Å². The van der Waals surface area contributed by atoms with Gasteiger partial charge in [-0.15, -0.1) is 0 Å². The quantitative estimate of drug-likeness (QED) is 0.465. The second-order valence-corrected chi connectivity index (χ2v) is 2.07. The minimum Gasteiger partial charge on any atom is -0.478 e. The third-order valence-electron chi connectivity index (χ3n) is 0.997. The van der Waals surface area contributed by atoms with Crippen molar-refractivity contribution in [3.8, 4) is 0 Å². The van der Waals surface area contributed by atoms with E-state index in [0.717, 1.165) is 0 Å². The Kier molecular flexibility index (Phi) is 4.55. The minimum atomic E-state index is -1.26. The predicted molar refractivity (Wildman–Crippen MR) is 45.8 cm³/mol. The van der Waals surface area contributed by atoms with Crippen LogP contribution in [0.1, 0.15) is 0 Å². The number of carbonyl (C=O) groups is 2. The minimum absolute atomic E-state index is 0.380. The summed E-state index contributed by atoms with van der Waals surface area (Å²) in [4.78, 5) is 38.7. The molecule has 0 aliphatic rings. The van der Waals surface area contributed by atoms with Gasteiger partial charge in [0.15, 0.2) is 0 Å². The normalized spacial score (nSPS) is 9.43. The third kappa shape index (κ3) is 5.42. The Hall–Kier alpha value is -2.24. The van der Waals surface area contributed by atoms with E-state index < -0.39 is 11.9 Å². The zero-order valence-corrected chi connectivity index (χ0v) is 6.84. The van der Waals surface area contributed by atoms with Gasteiger partial charge in [-0.2, -0.15) is 0 Å². The van der Waals surface area contributed by atoms with Crippen molar-refractivity contribution in [2.45, 2.75) is 0 Å². The second-order valence-electron chi connectivity index (χ2n) is 2.07. The van der Waals surface area contributed by atoms with Crippen LogP contribution in [0.3, 0.4) is 0 Å². The third-order valence-corrected chi connectivity index (χ3v) is 0.997. The van der Waals surface area contributed by atoms with E-state index in [1.165, 1.54) is 12.1 Å². The number of aliphatic carboxylic acids is 2. The Morgan fingerprint density at radius 3 is 1.29 bits per heavy atom. The topological polar surface area (TPSA) is 109 Å². The molecule has 0 heterocycles. The van der Waals surface area contributed by atoms with Gasteiger partial charge < -0.3 is 10.2 Å². The summed E-state index contributed by atoms with van der Waals surface area (Å²) in [5, 5.41) is 15.6. The molecule has 0 amide bonds. The van der Waals surface area contributed by atoms with Crippen molar-refractivity contribution < 1.29 is 19.8 Å². The van der Waals surface area contributed by atoms with Crippen molar-refractivity contribution in [1.82, 2.24) is 0 Å². The molecule has 1 rings (SSSR count). The van der Waals surface area contributed by atoms with Crippen LogP contribution in [0.4, 0.5) is 0 Å². The van der Waals surface area contributed by atoms with E-state index >= 15 is 0 Å². The molecule has 6 heteroatoms. The summed E-state index contributed by atoms with van der Waals surface area (Å²) >= 11 is 0. The molecule has 0 saturated heterocycles. The van der Waals surface area contributed by atoms with Crippen LogP contribution in [0.5, 0.6) is 0 Å². The lowest BCUT2D eigenvalue weighted by molar-refractivity contribution is -0.134. The van der Waals surface area contributed by atoms with Crippen LogP contribution < -0.4 is 10.9 Å². The number of carboxylic acid groups (broad SMARTS) is 2. The molecular formula is C8H6O6. The van der Waals surface area contributed by atoms with Gasteiger partial charge in [0.2, 0.25) is 10.9 Å². The average molecular weight is 198 g/mol. The highest BCUT2D eigenvalue weighted by molar-refractivity contribution is 5.89. The molecule has 74 valence electrons. The molecule has 0 aliphatic carbocycles. The van der Waals surface area contributed by atoms with Crippen LogP contribution in [0.15, 0.2) is 33.9 Å². The molecule has 2 N–H and O–H groups in total. The van der Waals surface area contributed by atoms with Gasteiger partial charge in [0, 0.05) is 12.2 Å². The van der Waals surface area contributed by atoms with Gasteiger partial charge in [0.1, 0.15) is 0 Å². The second kappa shape index (κ2) is 5.41. The molecule has 0 spiro atoms. The number of hydrogen-bond acceptors (Lipinski definition) is 4. The summed E-state index contributed by atoms with van der Waals surface area (Å²) in [6.45, 7) is 0. The number of rotatable bonds is 2. The first-order valence-corrected chi connectivity index (χ1v) is 3.34. The maximum absolute atomic E-state index is 9.79. The van der Waals surface area contributed by atoms with Crippen molar-refractivity contribution in [3.63, 3.8) is 0 Å². The maximum Gasteiger partial charge on any atom is 0.328 e. The molecular weight excluding hydrogens is 192 g/mol. The Balaban J connectivity index is 0.000000249.